The molecule has 1 aromatic carbocycles. The summed E-state index contributed by atoms with van der Waals surface area (Å²) in [5.41, 5.74) is 9.48. The number of benzene rings is 1. The molecule has 3 rings (SSSR count). The van der Waals surface area contributed by atoms with E-state index in [1.165, 1.54) is 5.56 Å². The zero-order valence-corrected chi connectivity index (χ0v) is 13.4. The van der Waals surface area contributed by atoms with Crippen LogP contribution < -0.4 is 10.6 Å². The SMILES string of the molecule is CCCc1cc(N2CCC(N)C2)nc(-c2ccc(C)cc2)n1. The van der Waals surface area contributed by atoms with Gasteiger partial charge >= 0.3 is 0 Å². The van der Waals surface area contributed by atoms with Gasteiger partial charge in [0.15, 0.2) is 5.82 Å². The summed E-state index contributed by atoms with van der Waals surface area (Å²) in [7, 11) is 0. The van der Waals surface area contributed by atoms with Crippen molar-refractivity contribution in [3.05, 3.63) is 41.6 Å². The van der Waals surface area contributed by atoms with Crippen LogP contribution in [-0.2, 0) is 6.42 Å². The summed E-state index contributed by atoms with van der Waals surface area (Å²) < 4.78 is 0. The zero-order valence-electron chi connectivity index (χ0n) is 13.4. The Morgan fingerprint density at radius 3 is 2.64 bits per heavy atom. The Balaban J connectivity index is 1.98. The number of aryl methyl sites for hydroxylation is 2. The van der Waals surface area contributed by atoms with E-state index in [1.807, 2.05) is 0 Å². The highest BCUT2D eigenvalue weighted by Gasteiger charge is 2.21. The van der Waals surface area contributed by atoms with Crippen LogP contribution in [0.5, 0.6) is 0 Å². The van der Waals surface area contributed by atoms with Crippen molar-refractivity contribution in [2.45, 2.75) is 39.2 Å². The molecule has 1 aliphatic rings. The number of hydrogen-bond donors (Lipinski definition) is 1. The molecule has 0 spiro atoms. The van der Waals surface area contributed by atoms with E-state index in [0.29, 0.717) is 0 Å². The minimum absolute atomic E-state index is 0.257. The quantitative estimate of drug-likeness (QED) is 0.942. The smallest absolute Gasteiger partial charge is 0.161 e. The number of hydrogen-bond acceptors (Lipinski definition) is 4. The van der Waals surface area contributed by atoms with E-state index in [9.17, 15) is 0 Å². The molecule has 0 radical (unpaired) electrons. The molecule has 0 bridgehead atoms. The van der Waals surface area contributed by atoms with Crippen molar-refractivity contribution in [1.29, 1.82) is 0 Å². The van der Waals surface area contributed by atoms with Crippen LogP contribution in [0.15, 0.2) is 30.3 Å². The molecule has 1 unspecified atom stereocenters. The second-order valence-electron chi connectivity index (χ2n) is 6.15. The Morgan fingerprint density at radius 1 is 1.23 bits per heavy atom. The number of rotatable bonds is 4. The third kappa shape index (κ3) is 3.28. The zero-order chi connectivity index (χ0) is 15.5. The topological polar surface area (TPSA) is 55.0 Å². The molecule has 1 atom stereocenters. The van der Waals surface area contributed by atoms with Crippen molar-refractivity contribution in [2.24, 2.45) is 5.73 Å². The molecule has 4 heteroatoms. The van der Waals surface area contributed by atoms with Gasteiger partial charge in [-0.25, -0.2) is 9.97 Å². The Kier molecular flexibility index (Phi) is 4.39. The number of aromatic nitrogens is 2. The van der Waals surface area contributed by atoms with Gasteiger partial charge in [-0.05, 0) is 19.8 Å². The lowest BCUT2D eigenvalue weighted by Crippen LogP contribution is -2.27. The van der Waals surface area contributed by atoms with Crippen LogP contribution in [0.3, 0.4) is 0 Å². The standard InChI is InChI=1S/C18H24N4/c1-3-4-16-11-17(22-10-9-15(19)12-22)21-18(20-16)14-7-5-13(2)6-8-14/h5-8,11,15H,3-4,9-10,12,19H2,1-2H3. The lowest BCUT2D eigenvalue weighted by Gasteiger charge is -2.18. The number of nitrogens with zero attached hydrogens (tertiary/aromatic N) is 3. The molecular formula is C18H24N4. The molecule has 116 valence electrons. The van der Waals surface area contributed by atoms with E-state index < -0.39 is 0 Å². The van der Waals surface area contributed by atoms with Gasteiger partial charge in [-0.3, -0.25) is 0 Å². The fraction of sp³-hybridized carbons (Fsp3) is 0.444. The van der Waals surface area contributed by atoms with Crippen molar-refractivity contribution in [1.82, 2.24) is 9.97 Å². The van der Waals surface area contributed by atoms with Crippen LogP contribution in [0.25, 0.3) is 11.4 Å². The fourth-order valence-corrected chi connectivity index (χ4v) is 2.86. The molecule has 1 saturated heterocycles. The molecule has 0 saturated carbocycles. The van der Waals surface area contributed by atoms with Crippen LogP contribution >= 0.6 is 0 Å². The highest BCUT2D eigenvalue weighted by atomic mass is 15.2. The van der Waals surface area contributed by atoms with Crippen LogP contribution in [0.2, 0.25) is 0 Å². The van der Waals surface area contributed by atoms with E-state index >= 15 is 0 Å². The van der Waals surface area contributed by atoms with Crippen LogP contribution in [0.1, 0.15) is 31.0 Å². The molecule has 1 aromatic heterocycles. The second-order valence-corrected chi connectivity index (χ2v) is 6.15. The van der Waals surface area contributed by atoms with Gasteiger partial charge in [-0.2, -0.15) is 0 Å². The normalized spacial score (nSPS) is 18.0. The lowest BCUT2D eigenvalue weighted by molar-refractivity contribution is 0.751. The van der Waals surface area contributed by atoms with Gasteiger partial charge in [0.2, 0.25) is 0 Å². The van der Waals surface area contributed by atoms with Gasteiger partial charge in [0.1, 0.15) is 5.82 Å². The molecule has 0 aliphatic carbocycles. The first-order valence-corrected chi connectivity index (χ1v) is 8.11. The van der Waals surface area contributed by atoms with Crippen LogP contribution in [0, 0.1) is 6.92 Å². The molecule has 1 aliphatic heterocycles. The van der Waals surface area contributed by atoms with E-state index in [-0.39, 0.29) is 6.04 Å². The average Bonchev–Trinajstić information content (AvgIpc) is 2.95. The highest BCUT2D eigenvalue weighted by Crippen LogP contribution is 2.23. The maximum atomic E-state index is 6.04. The Labute approximate surface area is 132 Å². The van der Waals surface area contributed by atoms with E-state index in [2.05, 4.69) is 49.1 Å². The third-order valence-electron chi connectivity index (χ3n) is 4.13. The second kappa shape index (κ2) is 6.44. The predicted octanol–water partition coefficient (Wildman–Crippen LogP) is 2.94. The maximum Gasteiger partial charge on any atom is 0.161 e. The summed E-state index contributed by atoms with van der Waals surface area (Å²) in [6.07, 6.45) is 3.10. The first kappa shape index (κ1) is 15.0. The van der Waals surface area contributed by atoms with Crippen molar-refractivity contribution >= 4 is 5.82 Å². The van der Waals surface area contributed by atoms with Crippen molar-refractivity contribution in [2.75, 3.05) is 18.0 Å². The van der Waals surface area contributed by atoms with Gasteiger partial charge in [0, 0.05) is 36.5 Å². The van der Waals surface area contributed by atoms with Gasteiger partial charge in [0.05, 0.1) is 0 Å². The van der Waals surface area contributed by atoms with Gasteiger partial charge in [0.25, 0.3) is 0 Å². The van der Waals surface area contributed by atoms with Gasteiger partial charge < -0.3 is 10.6 Å². The maximum absolute atomic E-state index is 6.04. The number of anilines is 1. The van der Waals surface area contributed by atoms with Crippen molar-refractivity contribution < 1.29 is 0 Å². The predicted molar refractivity (Wildman–Crippen MR) is 91.0 cm³/mol. The fourth-order valence-electron chi connectivity index (χ4n) is 2.86. The molecule has 22 heavy (non-hydrogen) atoms. The Hall–Kier alpha value is -1.94. The highest BCUT2D eigenvalue weighted by molar-refractivity contribution is 5.58. The summed E-state index contributed by atoms with van der Waals surface area (Å²) in [4.78, 5) is 11.8. The third-order valence-corrected chi connectivity index (χ3v) is 4.13. The van der Waals surface area contributed by atoms with E-state index in [0.717, 1.165) is 55.3 Å². The van der Waals surface area contributed by atoms with Crippen LogP contribution in [0.4, 0.5) is 5.82 Å². The van der Waals surface area contributed by atoms with E-state index in [1.54, 1.807) is 0 Å². The minimum Gasteiger partial charge on any atom is -0.355 e. The average molecular weight is 296 g/mol. The molecule has 2 N–H and O–H groups in total. The van der Waals surface area contributed by atoms with Crippen molar-refractivity contribution in [3.63, 3.8) is 0 Å². The van der Waals surface area contributed by atoms with Crippen molar-refractivity contribution in [3.8, 4) is 11.4 Å². The summed E-state index contributed by atoms with van der Waals surface area (Å²) >= 11 is 0. The van der Waals surface area contributed by atoms with Crippen LogP contribution in [-0.4, -0.2) is 29.1 Å². The minimum atomic E-state index is 0.257. The molecule has 1 fully saturated rings. The summed E-state index contributed by atoms with van der Waals surface area (Å²) in [6, 6.07) is 10.8. The van der Waals surface area contributed by atoms with E-state index in [4.69, 9.17) is 15.7 Å². The first-order valence-electron chi connectivity index (χ1n) is 8.11. The van der Waals surface area contributed by atoms with Gasteiger partial charge in [-0.1, -0.05) is 43.2 Å². The molecule has 4 nitrogen and oxygen atoms in total. The summed E-state index contributed by atoms with van der Waals surface area (Å²) in [5.74, 6) is 1.84. The Bertz CT molecular complexity index is 636. The Morgan fingerprint density at radius 2 is 2.00 bits per heavy atom. The lowest BCUT2D eigenvalue weighted by atomic mass is 10.1. The monoisotopic (exact) mass is 296 g/mol. The summed E-state index contributed by atoms with van der Waals surface area (Å²) in [5, 5.41) is 0. The summed E-state index contributed by atoms with van der Waals surface area (Å²) in [6.45, 7) is 6.14. The molecule has 2 aromatic rings. The number of nitrogens with two attached hydrogens (primary N) is 1. The largest absolute Gasteiger partial charge is 0.355 e. The molecule has 0 amide bonds. The molecule has 2 heterocycles. The first-order chi connectivity index (χ1) is 10.7. The van der Waals surface area contributed by atoms with Gasteiger partial charge in [-0.15, -0.1) is 0 Å². The molecular weight excluding hydrogens is 272 g/mol.